The molecule has 8 heteroatoms. The highest BCUT2D eigenvalue weighted by atomic mass is 35.5. The highest BCUT2D eigenvalue weighted by Gasteiger charge is 2.23. The molecule has 0 fully saturated rings. The Morgan fingerprint density at radius 1 is 0.950 bits per heavy atom. The molecule has 3 nitrogen and oxygen atoms in total. The third-order valence-corrected chi connectivity index (χ3v) is 4.02. The molecule has 0 amide bonds. The van der Waals surface area contributed by atoms with Gasteiger partial charge in [0.2, 0.25) is 0 Å². The zero-order valence-electron chi connectivity index (χ0n) is 10.5. The highest BCUT2D eigenvalue weighted by molar-refractivity contribution is 6.47. The average Bonchev–Trinajstić information content (AvgIpc) is 2.37. The molecule has 0 aliphatic carbocycles. The third-order valence-electron chi connectivity index (χ3n) is 2.56. The predicted molar refractivity (Wildman–Crippen MR) is 80.1 cm³/mol. The van der Waals surface area contributed by atoms with Crippen LogP contribution in [0, 0.1) is 0 Å². The first-order chi connectivity index (χ1) is 8.91. The Kier molecular flexibility index (Phi) is 6.17. The molecule has 0 aliphatic heterocycles. The monoisotopic (exact) mass is 371 g/mol. The summed E-state index contributed by atoms with van der Waals surface area (Å²) in [4.78, 5) is 5.84. The van der Waals surface area contributed by atoms with Gasteiger partial charge in [-0.15, -0.1) is 0 Å². The van der Waals surface area contributed by atoms with Crippen molar-refractivity contribution in [3.63, 3.8) is 0 Å². The lowest BCUT2D eigenvalue weighted by molar-refractivity contribution is -0.595. The Hall–Kier alpha value is -0.450. The molecule has 108 valence electrons. The molecule has 0 saturated heterocycles. The van der Waals surface area contributed by atoms with E-state index in [2.05, 4.69) is 4.98 Å². The van der Waals surface area contributed by atoms with Crippen LogP contribution < -0.4 is 21.9 Å². The van der Waals surface area contributed by atoms with Crippen LogP contribution in [0.15, 0.2) is 24.5 Å². The molecule has 0 aromatic carbocycles. The summed E-state index contributed by atoms with van der Waals surface area (Å²) in [5, 5.41) is 0.767. The van der Waals surface area contributed by atoms with Gasteiger partial charge in [0, 0.05) is 31.9 Å². The minimum atomic E-state index is 0. The first-order valence-electron chi connectivity index (χ1n) is 5.31. The van der Waals surface area contributed by atoms with E-state index in [1.807, 2.05) is 43.5 Å². The maximum absolute atomic E-state index is 6.14. The number of nitrogens with zero attached hydrogens (tertiary/aromatic N) is 3. The van der Waals surface area contributed by atoms with E-state index in [1.165, 1.54) is 0 Å². The van der Waals surface area contributed by atoms with Gasteiger partial charge in [-0.1, -0.05) is 46.4 Å². The minimum Gasteiger partial charge on any atom is -1.00 e. The van der Waals surface area contributed by atoms with Crippen molar-refractivity contribution in [2.75, 3.05) is 19.0 Å². The van der Waals surface area contributed by atoms with E-state index >= 15 is 0 Å². The van der Waals surface area contributed by atoms with Crippen molar-refractivity contribution >= 4 is 52.1 Å². The van der Waals surface area contributed by atoms with E-state index in [0.717, 1.165) is 5.69 Å². The van der Waals surface area contributed by atoms with Crippen molar-refractivity contribution in [1.29, 1.82) is 0 Å². The highest BCUT2D eigenvalue weighted by Crippen LogP contribution is 2.34. The summed E-state index contributed by atoms with van der Waals surface area (Å²) in [6.45, 7) is 0. The smallest absolute Gasteiger partial charge is 0.254 e. The van der Waals surface area contributed by atoms with E-state index in [4.69, 9.17) is 46.4 Å². The van der Waals surface area contributed by atoms with Gasteiger partial charge in [0.15, 0.2) is 32.7 Å². The van der Waals surface area contributed by atoms with Gasteiger partial charge in [-0.2, -0.15) is 4.57 Å². The quantitative estimate of drug-likeness (QED) is 0.579. The van der Waals surface area contributed by atoms with Crippen LogP contribution in [0.2, 0.25) is 20.4 Å². The van der Waals surface area contributed by atoms with E-state index in [-0.39, 0.29) is 32.8 Å². The minimum absolute atomic E-state index is 0. The summed E-state index contributed by atoms with van der Waals surface area (Å²) in [7, 11) is 3.92. The van der Waals surface area contributed by atoms with Crippen LogP contribution in [0.1, 0.15) is 0 Å². The number of pyridine rings is 2. The second kappa shape index (κ2) is 7.01. The molecule has 2 rings (SSSR count). The van der Waals surface area contributed by atoms with Gasteiger partial charge in [-0.3, -0.25) is 0 Å². The molecule has 0 unspecified atom stereocenters. The first kappa shape index (κ1) is 17.6. The first-order valence-corrected chi connectivity index (χ1v) is 6.82. The van der Waals surface area contributed by atoms with Crippen LogP contribution in [0.4, 0.5) is 5.69 Å². The maximum atomic E-state index is 6.14. The molecule has 20 heavy (non-hydrogen) atoms. The van der Waals surface area contributed by atoms with Gasteiger partial charge >= 0.3 is 0 Å². The van der Waals surface area contributed by atoms with Crippen molar-refractivity contribution < 1.29 is 17.0 Å². The molecule has 0 spiro atoms. The average molecular weight is 373 g/mol. The van der Waals surface area contributed by atoms with Crippen molar-refractivity contribution in [3.8, 4) is 5.69 Å². The Morgan fingerprint density at radius 3 is 1.80 bits per heavy atom. The van der Waals surface area contributed by atoms with Crippen LogP contribution in [-0.4, -0.2) is 19.1 Å². The molecule has 0 aliphatic rings. The Labute approximate surface area is 143 Å². The number of hydrogen-bond acceptors (Lipinski definition) is 2. The number of aromatic nitrogens is 2. The summed E-state index contributed by atoms with van der Waals surface area (Å²) in [6, 6.07) is 3.85. The zero-order chi connectivity index (χ0) is 14.2. The molecule has 0 saturated carbocycles. The molecule has 0 N–H and O–H groups in total. The van der Waals surface area contributed by atoms with Crippen molar-refractivity contribution in [2.45, 2.75) is 0 Å². The van der Waals surface area contributed by atoms with Crippen LogP contribution >= 0.6 is 46.4 Å². The van der Waals surface area contributed by atoms with E-state index in [9.17, 15) is 0 Å². The number of rotatable bonds is 2. The molecule has 0 atom stereocenters. The molecule has 2 aromatic rings. The Bertz CT molecular complexity index is 587. The zero-order valence-corrected chi connectivity index (χ0v) is 14.3. The second-order valence-electron chi connectivity index (χ2n) is 4.03. The van der Waals surface area contributed by atoms with Gasteiger partial charge in [0.05, 0.1) is 0 Å². The molecular weight excluding hydrogens is 363 g/mol. The number of hydrogen-bond donors (Lipinski definition) is 0. The normalized spacial score (nSPS) is 10.1. The molecular formula is C12H10Cl5N3. The topological polar surface area (TPSA) is 20.0 Å². The summed E-state index contributed by atoms with van der Waals surface area (Å²) in [6.07, 6.45) is 3.66. The maximum Gasteiger partial charge on any atom is 0.254 e. The fourth-order valence-corrected chi connectivity index (χ4v) is 2.48. The SMILES string of the molecule is CN(C)c1cc[n+](-c2c(Cl)c(Cl)nc(Cl)c2Cl)cc1.[Cl-]. The van der Waals surface area contributed by atoms with Crippen molar-refractivity contribution in [3.05, 3.63) is 44.9 Å². The van der Waals surface area contributed by atoms with E-state index in [0.29, 0.717) is 5.69 Å². The summed E-state index contributed by atoms with van der Waals surface area (Å²) < 4.78 is 1.75. The van der Waals surface area contributed by atoms with Crippen LogP contribution in [0.5, 0.6) is 0 Å². The van der Waals surface area contributed by atoms with Gasteiger partial charge in [0.1, 0.15) is 0 Å². The lowest BCUT2D eigenvalue weighted by atomic mass is 10.3. The largest absolute Gasteiger partial charge is 1.00 e. The second-order valence-corrected chi connectivity index (χ2v) is 5.50. The number of anilines is 1. The van der Waals surface area contributed by atoms with Crippen LogP contribution in [0.25, 0.3) is 5.69 Å². The van der Waals surface area contributed by atoms with Gasteiger partial charge in [-0.25, -0.2) is 4.98 Å². The fraction of sp³-hybridized carbons (Fsp3) is 0.167. The predicted octanol–water partition coefficient (Wildman–Crippen LogP) is 1.04. The number of halogens is 5. The Balaban J connectivity index is 0.00000200. The van der Waals surface area contributed by atoms with Crippen molar-refractivity contribution in [2.24, 2.45) is 0 Å². The lowest BCUT2D eigenvalue weighted by Gasteiger charge is -2.11. The van der Waals surface area contributed by atoms with E-state index in [1.54, 1.807) is 4.57 Å². The summed E-state index contributed by atoms with van der Waals surface area (Å²) in [5.74, 6) is 0. The molecule has 0 bridgehead atoms. The van der Waals surface area contributed by atoms with Crippen LogP contribution in [0.3, 0.4) is 0 Å². The van der Waals surface area contributed by atoms with Crippen LogP contribution in [-0.2, 0) is 0 Å². The summed E-state index contributed by atoms with van der Waals surface area (Å²) in [5.41, 5.74) is 1.56. The molecule has 0 radical (unpaired) electrons. The third kappa shape index (κ3) is 3.41. The Morgan fingerprint density at radius 2 is 1.40 bits per heavy atom. The lowest BCUT2D eigenvalue weighted by Crippen LogP contribution is -3.00. The van der Waals surface area contributed by atoms with Gasteiger partial charge in [-0.05, 0) is 0 Å². The molecule has 2 heterocycles. The van der Waals surface area contributed by atoms with E-state index < -0.39 is 0 Å². The fourth-order valence-electron chi connectivity index (χ4n) is 1.57. The molecule has 2 aromatic heterocycles. The van der Waals surface area contributed by atoms with Gasteiger partial charge in [0.25, 0.3) is 5.69 Å². The summed E-state index contributed by atoms with van der Waals surface area (Å²) >= 11 is 24.1. The standard InChI is InChI=1S/C12H10Cl4N3.ClH/c1-18(2)7-3-5-19(6-4-7)10-8(13)11(15)17-12(16)9(10)14;/h3-6H,1-2H3;1H/q+1;/p-1. The van der Waals surface area contributed by atoms with Crippen molar-refractivity contribution in [1.82, 2.24) is 4.98 Å². The van der Waals surface area contributed by atoms with Gasteiger partial charge < -0.3 is 17.3 Å².